The van der Waals surface area contributed by atoms with Crippen LogP contribution in [0.3, 0.4) is 0 Å². The van der Waals surface area contributed by atoms with Gasteiger partial charge in [-0.2, -0.15) is 11.8 Å². The first-order valence-corrected chi connectivity index (χ1v) is 7.87. The number of aromatic nitrogens is 3. The molecule has 0 aliphatic heterocycles. The minimum Gasteiger partial charge on any atom is -0.457 e. The Kier molecular flexibility index (Phi) is 5.21. The molecule has 5 nitrogen and oxygen atoms in total. The first kappa shape index (κ1) is 14.3. The van der Waals surface area contributed by atoms with Crippen molar-refractivity contribution in [1.82, 2.24) is 15.0 Å². The second kappa shape index (κ2) is 6.91. The Bertz CT molecular complexity index is 573. The van der Waals surface area contributed by atoms with Crippen molar-refractivity contribution in [2.45, 2.75) is 20.0 Å². The van der Waals surface area contributed by atoms with Crippen LogP contribution in [-0.2, 0) is 16.1 Å². The molecule has 0 saturated carbocycles. The number of thioether (sulfide) groups is 1. The first-order valence-electron chi connectivity index (χ1n) is 5.92. The highest BCUT2D eigenvalue weighted by molar-refractivity contribution is 9.10. The number of aromatic amines is 1. The predicted octanol–water partition coefficient (Wildman–Crippen LogP) is 2.91. The maximum atomic E-state index is 11.5. The van der Waals surface area contributed by atoms with Crippen LogP contribution in [-0.4, -0.2) is 32.4 Å². The molecule has 7 heteroatoms. The molecule has 19 heavy (non-hydrogen) atoms. The molecule has 0 aromatic carbocycles. The molecule has 0 aliphatic rings. The zero-order valence-electron chi connectivity index (χ0n) is 10.5. The Morgan fingerprint density at radius 3 is 3.21 bits per heavy atom. The highest BCUT2D eigenvalue weighted by Gasteiger charge is 2.08. The van der Waals surface area contributed by atoms with E-state index >= 15 is 0 Å². The fraction of sp³-hybridized carbons (Fsp3) is 0.417. The first-order chi connectivity index (χ1) is 9.19. The number of carbonyl (C=O) groups excluding carboxylic acids is 1. The van der Waals surface area contributed by atoms with Crippen LogP contribution in [0.2, 0.25) is 0 Å². The number of hydrogen-bond acceptors (Lipinski definition) is 5. The molecule has 0 fully saturated rings. The molecule has 0 amide bonds. The van der Waals surface area contributed by atoms with Gasteiger partial charge in [-0.15, -0.1) is 0 Å². The van der Waals surface area contributed by atoms with Crippen LogP contribution in [0.4, 0.5) is 0 Å². The van der Waals surface area contributed by atoms with Gasteiger partial charge in [-0.05, 0) is 34.2 Å². The van der Waals surface area contributed by atoms with Crippen molar-refractivity contribution in [3.63, 3.8) is 0 Å². The zero-order valence-corrected chi connectivity index (χ0v) is 12.9. The minimum absolute atomic E-state index is 0.152. The second-order valence-corrected chi connectivity index (χ2v) is 5.94. The molecular formula is C12H14BrN3O2S. The zero-order chi connectivity index (χ0) is 13.7. The van der Waals surface area contributed by atoms with Gasteiger partial charge >= 0.3 is 5.97 Å². The van der Waals surface area contributed by atoms with E-state index in [0.29, 0.717) is 17.2 Å². The highest BCUT2D eigenvalue weighted by Crippen LogP contribution is 2.15. The van der Waals surface area contributed by atoms with Crippen LogP contribution in [0, 0.1) is 0 Å². The third-order valence-electron chi connectivity index (χ3n) is 2.29. The Morgan fingerprint density at radius 1 is 1.58 bits per heavy atom. The van der Waals surface area contributed by atoms with Crippen molar-refractivity contribution in [1.29, 1.82) is 0 Å². The lowest BCUT2D eigenvalue weighted by molar-refractivity contribution is -0.141. The van der Waals surface area contributed by atoms with Crippen molar-refractivity contribution >= 4 is 44.8 Å². The fourth-order valence-electron chi connectivity index (χ4n) is 1.48. The molecular weight excluding hydrogens is 330 g/mol. The van der Waals surface area contributed by atoms with Crippen molar-refractivity contribution < 1.29 is 9.53 Å². The van der Waals surface area contributed by atoms with Gasteiger partial charge < -0.3 is 9.72 Å². The molecule has 2 rings (SSSR count). The summed E-state index contributed by atoms with van der Waals surface area (Å²) in [4.78, 5) is 22.9. The summed E-state index contributed by atoms with van der Waals surface area (Å²) in [5.74, 6) is 1.75. The number of imidazole rings is 1. The molecule has 0 spiro atoms. The van der Waals surface area contributed by atoms with E-state index < -0.39 is 0 Å². The van der Waals surface area contributed by atoms with Crippen molar-refractivity contribution in [2.24, 2.45) is 0 Å². The molecule has 0 atom stereocenters. The third kappa shape index (κ3) is 4.21. The number of esters is 1. The van der Waals surface area contributed by atoms with E-state index in [2.05, 4.69) is 37.8 Å². The van der Waals surface area contributed by atoms with E-state index in [-0.39, 0.29) is 12.6 Å². The lowest BCUT2D eigenvalue weighted by atomic mass is 10.4. The van der Waals surface area contributed by atoms with E-state index in [1.165, 1.54) is 0 Å². The Labute approximate surface area is 123 Å². The Balaban J connectivity index is 1.89. The van der Waals surface area contributed by atoms with Gasteiger partial charge in [0.1, 0.15) is 12.4 Å². The van der Waals surface area contributed by atoms with E-state index in [1.54, 1.807) is 18.0 Å². The third-order valence-corrected chi connectivity index (χ3v) is 3.86. The van der Waals surface area contributed by atoms with Crippen LogP contribution < -0.4 is 0 Å². The Hall–Kier alpha value is -1.08. The summed E-state index contributed by atoms with van der Waals surface area (Å²) in [6.45, 7) is 2.23. The number of rotatable bonds is 6. The van der Waals surface area contributed by atoms with Crippen molar-refractivity contribution in [3.05, 3.63) is 22.6 Å². The number of carbonyl (C=O) groups is 1. The minimum atomic E-state index is -0.215. The molecule has 0 radical (unpaired) electrons. The molecule has 1 N–H and O–H groups in total. The van der Waals surface area contributed by atoms with Gasteiger partial charge in [-0.3, -0.25) is 4.79 Å². The van der Waals surface area contributed by atoms with Gasteiger partial charge in [0.25, 0.3) is 0 Å². The number of hydrogen-bond donors (Lipinski definition) is 1. The van der Waals surface area contributed by atoms with Crippen LogP contribution in [0.1, 0.15) is 19.2 Å². The summed E-state index contributed by atoms with van der Waals surface area (Å²) < 4.78 is 6.02. The number of halogens is 1. The number of nitrogens with one attached hydrogen (secondary N) is 1. The maximum Gasteiger partial charge on any atom is 0.316 e. The maximum absolute atomic E-state index is 11.5. The largest absolute Gasteiger partial charge is 0.457 e. The summed E-state index contributed by atoms with van der Waals surface area (Å²) in [6.07, 6.45) is 2.74. The van der Waals surface area contributed by atoms with Crippen molar-refractivity contribution in [3.8, 4) is 0 Å². The van der Waals surface area contributed by atoms with Gasteiger partial charge in [-0.25, -0.2) is 9.97 Å². The molecule has 0 unspecified atom stereocenters. The molecule has 0 bridgehead atoms. The van der Waals surface area contributed by atoms with Gasteiger partial charge in [0, 0.05) is 10.7 Å². The highest BCUT2D eigenvalue weighted by atomic mass is 79.9. The van der Waals surface area contributed by atoms with E-state index in [0.717, 1.165) is 22.2 Å². The van der Waals surface area contributed by atoms with Gasteiger partial charge in [-0.1, -0.05) is 6.92 Å². The van der Waals surface area contributed by atoms with Crippen LogP contribution in [0.25, 0.3) is 11.2 Å². The lowest BCUT2D eigenvalue weighted by Crippen LogP contribution is -2.08. The number of ether oxygens (including phenoxy) is 1. The van der Waals surface area contributed by atoms with E-state index in [4.69, 9.17) is 4.74 Å². The Morgan fingerprint density at radius 2 is 2.42 bits per heavy atom. The lowest BCUT2D eigenvalue weighted by Gasteiger charge is -2.01. The second-order valence-electron chi connectivity index (χ2n) is 3.92. The van der Waals surface area contributed by atoms with Gasteiger partial charge in [0.2, 0.25) is 0 Å². The van der Waals surface area contributed by atoms with Crippen LogP contribution in [0.15, 0.2) is 16.7 Å². The monoisotopic (exact) mass is 343 g/mol. The summed E-state index contributed by atoms with van der Waals surface area (Å²) in [5.41, 5.74) is 1.44. The standard InChI is InChI=1S/C12H14BrN3O2S/c1-2-3-19-7-11(17)18-6-10-15-9-4-8(13)5-14-12(9)16-10/h4-5H,2-3,6-7H2,1H3,(H,14,15,16). The molecule has 0 aliphatic carbocycles. The molecule has 2 aromatic rings. The summed E-state index contributed by atoms with van der Waals surface area (Å²) in [6, 6.07) is 1.89. The molecule has 2 aromatic heterocycles. The van der Waals surface area contributed by atoms with Gasteiger partial charge in [0.05, 0.1) is 11.3 Å². The molecule has 102 valence electrons. The molecule has 2 heterocycles. The summed E-state index contributed by atoms with van der Waals surface area (Å²) in [5, 5.41) is 0. The molecule has 0 saturated heterocycles. The summed E-state index contributed by atoms with van der Waals surface area (Å²) in [7, 11) is 0. The van der Waals surface area contributed by atoms with E-state index in [9.17, 15) is 4.79 Å². The summed E-state index contributed by atoms with van der Waals surface area (Å²) >= 11 is 4.92. The average Bonchev–Trinajstić information content (AvgIpc) is 2.78. The van der Waals surface area contributed by atoms with Crippen LogP contribution in [0.5, 0.6) is 0 Å². The average molecular weight is 344 g/mol. The smallest absolute Gasteiger partial charge is 0.316 e. The quantitative estimate of drug-likeness (QED) is 0.645. The SMILES string of the molecule is CCCSCC(=O)OCc1nc2ncc(Br)cc2[nH]1. The number of pyridine rings is 1. The number of nitrogens with zero attached hydrogens (tertiary/aromatic N) is 2. The van der Waals surface area contributed by atoms with E-state index in [1.807, 2.05) is 6.07 Å². The number of fused-ring (bicyclic) bond motifs is 1. The normalized spacial score (nSPS) is 10.8. The fourth-order valence-corrected chi connectivity index (χ4v) is 2.50. The van der Waals surface area contributed by atoms with Gasteiger partial charge in [0.15, 0.2) is 5.65 Å². The predicted molar refractivity (Wildman–Crippen MR) is 79.0 cm³/mol. The van der Waals surface area contributed by atoms with Crippen LogP contribution >= 0.6 is 27.7 Å². The topological polar surface area (TPSA) is 67.9 Å². The van der Waals surface area contributed by atoms with Crippen molar-refractivity contribution in [2.75, 3.05) is 11.5 Å². The number of H-pyrrole nitrogens is 1.